The molecule has 4 nitrogen and oxygen atoms in total. The molecule has 142 valence electrons. The Morgan fingerprint density at radius 1 is 0.923 bits per heavy atom. The summed E-state index contributed by atoms with van der Waals surface area (Å²) >= 11 is 19.8. The van der Waals surface area contributed by atoms with Crippen molar-refractivity contribution in [2.75, 3.05) is 11.9 Å². The van der Waals surface area contributed by atoms with E-state index in [9.17, 15) is 13.5 Å². The predicted octanol–water partition coefficient (Wildman–Crippen LogP) is 6.81. The van der Waals surface area contributed by atoms with Gasteiger partial charge in [0, 0.05) is 5.33 Å². The summed E-state index contributed by atoms with van der Waals surface area (Å²) in [6, 6.07) is 5.68. The first kappa shape index (κ1) is 23.2. The summed E-state index contributed by atoms with van der Waals surface area (Å²) in [5.74, 6) is 0.452. The molecule has 0 spiro atoms. The van der Waals surface area contributed by atoms with Gasteiger partial charge in [0.15, 0.2) is 0 Å². The Kier molecular flexibility index (Phi) is 8.53. The second-order valence-electron chi connectivity index (χ2n) is 5.02. The van der Waals surface area contributed by atoms with E-state index in [2.05, 4.69) is 95.6 Å². The minimum atomic E-state index is -3.80. The van der Waals surface area contributed by atoms with Crippen LogP contribution in [0, 0.1) is 0 Å². The van der Waals surface area contributed by atoms with E-state index in [4.69, 9.17) is 4.74 Å². The standard InChI is InChI=1S/C15H10Br6O4S/c16-5-7(17)6-25-15-12(20)3-9(4-13(15)21)26(23,24)8-1-10(18)14(22)11(19)2-8/h1-4,7,22H,5-6H2/t7-/m1/s1. The van der Waals surface area contributed by atoms with Crippen LogP contribution in [0.5, 0.6) is 11.5 Å². The van der Waals surface area contributed by atoms with Gasteiger partial charge in [0.1, 0.15) is 18.1 Å². The summed E-state index contributed by atoms with van der Waals surface area (Å²) in [4.78, 5) is 0.252. The number of halogens is 6. The lowest BCUT2D eigenvalue weighted by Gasteiger charge is -2.14. The predicted molar refractivity (Wildman–Crippen MR) is 123 cm³/mol. The van der Waals surface area contributed by atoms with E-state index in [1.165, 1.54) is 24.3 Å². The Bertz CT molecular complexity index is 886. The van der Waals surface area contributed by atoms with Crippen molar-refractivity contribution in [3.05, 3.63) is 42.2 Å². The number of rotatable bonds is 6. The molecule has 0 saturated carbocycles. The minimum absolute atomic E-state index is 0.0429. The zero-order chi connectivity index (χ0) is 19.6. The van der Waals surface area contributed by atoms with Crippen LogP contribution in [0.2, 0.25) is 0 Å². The number of phenolic OH excluding ortho intramolecular Hbond substituents is 1. The van der Waals surface area contributed by atoms with E-state index in [1.54, 1.807) is 0 Å². The van der Waals surface area contributed by atoms with Gasteiger partial charge in [-0.15, -0.1) is 0 Å². The second-order valence-corrected chi connectivity index (χ2v) is 12.3. The number of ether oxygens (including phenoxy) is 1. The number of sulfone groups is 1. The molecule has 26 heavy (non-hydrogen) atoms. The molecule has 0 bridgehead atoms. The lowest BCUT2D eigenvalue weighted by atomic mass is 10.3. The lowest BCUT2D eigenvalue weighted by Crippen LogP contribution is -2.13. The molecule has 0 aliphatic rings. The fourth-order valence-electron chi connectivity index (χ4n) is 1.88. The summed E-state index contributed by atoms with van der Waals surface area (Å²) in [6.07, 6.45) is 0. The maximum absolute atomic E-state index is 13.0. The largest absolute Gasteiger partial charge is 0.506 e. The van der Waals surface area contributed by atoms with Gasteiger partial charge < -0.3 is 9.84 Å². The molecule has 11 heteroatoms. The number of benzene rings is 2. The third-order valence-electron chi connectivity index (χ3n) is 3.16. The van der Waals surface area contributed by atoms with Gasteiger partial charge in [-0.2, -0.15) is 0 Å². The Morgan fingerprint density at radius 2 is 1.35 bits per heavy atom. The molecular formula is C15H10Br6O4S. The first-order chi connectivity index (χ1) is 12.1. The topological polar surface area (TPSA) is 63.6 Å². The van der Waals surface area contributed by atoms with Gasteiger partial charge in [-0.1, -0.05) is 31.9 Å². The molecule has 2 rings (SSSR count). The Morgan fingerprint density at radius 3 is 1.77 bits per heavy atom. The van der Waals surface area contributed by atoms with Crippen LogP contribution in [0.15, 0.2) is 51.9 Å². The van der Waals surface area contributed by atoms with E-state index >= 15 is 0 Å². The molecule has 2 aromatic rings. The normalized spacial score (nSPS) is 12.8. The smallest absolute Gasteiger partial charge is 0.206 e. The maximum Gasteiger partial charge on any atom is 0.206 e. The van der Waals surface area contributed by atoms with Crippen molar-refractivity contribution in [2.24, 2.45) is 0 Å². The molecule has 0 heterocycles. The SMILES string of the molecule is O=S(=O)(c1cc(Br)c(O)c(Br)c1)c1cc(Br)c(OC[C@H](Br)CBr)c(Br)c1. The summed E-state index contributed by atoms with van der Waals surface area (Å²) < 4.78 is 33.2. The highest BCUT2D eigenvalue weighted by Gasteiger charge is 2.23. The van der Waals surface area contributed by atoms with Crippen LogP contribution in [-0.2, 0) is 9.84 Å². The van der Waals surface area contributed by atoms with Crippen LogP contribution >= 0.6 is 95.6 Å². The van der Waals surface area contributed by atoms with Crippen molar-refractivity contribution >= 4 is 105 Å². The van der Waals surface area contributed by atoms with Gasteiger partial charge >= 0.3 is 0 Å². The van der Waals surface area contributed by atoms with Crippen LogP contribution in [0.25, 0.3) is 0 Å². The van der Waals surface area contributed by atoms with Crippen molar-refractivity contribution in [3.63, 3.8) is 0 Å². The summed E-state index contributed by atoms with van der Waals surface area (Å²) in [7, 11) is -3.80. The highest BCUT2D eigenvalue weighted by molar-refractivity contribution is 9.12. The molecule has 0 aliphatic carbocycles. The second kappa shape index (κ2) is 9.58. The first-order valence-electron chi connectivity index (χ1n) is 6.83. The molecule has 0 aliphatic heterocycles. The highest BCUT2D eigenvalue weighted by atomic mass is 79.9. The average Bonchev–Trinajstić information content (AvgIpc) is 2.57. The van der Waals surface area contributed by atoms with Gasteiger partial charge in [-0.25, -0.2) is 8.42 Å². The van der Waals surface area contributed by atoms with Crippen molar-refractivity contribution in [1.29, 1.82) is 0 Å². The first-order valence-corrected chi connectivity index (χ1v) is 13.5. The van der Waals surface area contributed by atoms with Crippen molar-refractivity contribution in [3.8, 4) is 11.5 Å². The number of phenols is 1. The molecule has 0 aromatic heterocycles. The van der Waals surface area contributed by atoms with E-state index in [1.807, 2.05) is 0 Å². The molecule has 0 unspecified atom stereocenters. The molecule has 0 saturated heterocycles. The van der Waals surface area contributed by atoms with Crippen LogP contribution in [-0.4, -0.2) is 30.3 Å². The third kappa shape index (κ3) is 5.27. The lowest BCUT2D eigenvalue weighted by molar-refractivity contribution is 0.321. The van der Waals surface area contributed by atoms with Gasteiger partial charge in [-0.05, 0) is 88.0 Å². The molecule has 0 amide bonds. The Hall–Kier alpha value is 0.870. The van der Waals surface area contributed by atoms with Gasteiger partial charge in [0.2, 0.25) is 9.84 Å². The van der Waals surface area contributed by atoms with Crippen LogP contribution in [0.3, 0.4) is 0 Å². The maximum atomic E-state index is 13.0. The van der Waals surface area contributed by atoms with Gasteiger partial charge in [-0.3, -0.25) is 0 Å². The van der Waals surface area contributed by atoms with Crippen LogP contribution in [0.1, 0.15) is 0 Å². The van der Waals surface area contributed by atoms with E-state index in [0.29, 0.717) is 21.3 Å². The van der Waals surface area contributed by atoms with Gasteiger partial charge in [0.25, 0.3) is 0 Å². The molecule has 0 radical (unpaired) electrons. The van der Waals surface area contributed by atoms with Crippen molar-refractivity contribution in [2.45, 2.75) is 14.6 Å². The zero-order valence-electron chi connectivity index (χ0n) is 12.6. The van der Waals surface area contributed by atoms with E-state index in [-0.39, 0.29) is 29.3 Å². The highest BCUT2D eigenvalue weighted by Crippen LogP contribution is 2.40. The van der Waals surface area contributed by atoms with E-state index in [0.717, 1.165) is 5.33 Å². The quantitative estimate of drug-likeness (QED) is 0.329. The van der Waals surface area contributed by atoms with Crippen LogP contribution < -0.4 is 4.74 Å². The molecule has 0 fully saturated rings. The Labute approximate surface area is 201 Å². The number of hydrogen-bond donors (Lipinski definition) is 1. The summed E-state index contributed by atoms with van der Waals surface area (Å²) in [6.45, 7) is 0.409. The number of hydrogen-bond acceptors (Lipinski definition) is 4. The number of alkyl halides is 2. The zero-order valence-corrected chi connectivity index (χ0v) is 23.0. The summed E-state index contributed by atoms with van der Waals surface area (Å²) in [5, 5.41) is 10.5. The van der Waals surface area contributed by atoms with Crippen LogP contribution in [0.4, 0.5) is 0 Å². The minimum Gasteiger partial charge on any atom is -0.506 e. The van der Waals surface area contributed by atoms with Gasteiger partial charge in [0.05, 0.1) is 32.5 Å². The molecule has 2 aromatic carbocycles. The number of aromatic hydroxyl groups is 1. The molecule has 1 atom stereocenters. The fraction of sp³-hybridized carbons (Fsp3) is 0.200. The third-order valence-corrected chi connectivity index (χ3v) is 9.50. The Balaban J connectivity index is 2.45. The fourth-order valence-corrected chi connectivity index (χ4v) is 6.77. The van der Waals surface area contributed by atoms with Crippen molar-refractivity contribution < 1.29 is 18.3 Å². The summed E-state index contributed by atoms with van der Waals surface area (Å²) in [5.41, 5.74) is 0. The molecular weight excluding hydrogens is 756 g/mol. The monoisotopic (exact) mass is 760 g/mol. The molecule has 1 N–H and O–H groups in total. The average molecular weight is 766 g/mol. The van der Waals surface area contributed by atoms with E-state index < -0.39 is 9.84 Å². The van der Waals surface area contributed by atoms with Crippen molar-refractivity contribution in [1.82, 2.24) is 0 Å².